The average Bonchev–Trinajstić information content (AvgIpc) is 2.52. The number of anilines is 1. The highest BCUT2D eigenvalue weighted by molar-refractivity contribution is 7.93. The molecule has 1 unspecified atom stereocenters. The van der Waals surface area contributed by atoms with E-state index in [0.29, 0.717) is 22.8 Å². The highest BCUT2D eigenvalue weighted by atomic mass is 35.5. The van der Waals surface area contributed by atoms with E-state index in [-0.39, 0.29) is 16.7 Å². The number of sulfonamides is 1. The highest BCUT2D eigenvalue weighted by Crippen LogP contribution is 2.33. The first-order valence-corrected chi connectivity index (χ1v) is 7.80. The molecular formula is C11H13ClN2O2S2. The lowest BCUT2D eigenvalue weighted by atomic mass is 10.2. The molecule has 2 rings (SSSR count). The number of rotatable bonds is 2. The molecule has 2 N–H and O–H groups in total. The van der Waals surface area contributed by atoms with Gasteiger partial charge in [0, 0.05) is 12.1 Å². The summed E-state index contributed by atoms with van der Waals surface area (Å²) in [5.74, 6) is 0.222. The van der Waals surface area contributed by atoms with Crippen LogP contribution in [0.15, 0.2) is 18.2 Å². The Morgan fingerprint density at radius 2 is 2.22 bits per heavy atom. The maximum absolute atomic E-state index is 12.0. The molecule has 0 aliphatic carbocycles. The molecular weight excluding hydrogens is 292 g/mol. The van der Waals surface area contributed by atoms with Crippen molar-refractivity contribution in [3.8, 4) is 0 Å². The van der Waals surface area contributed by atoms with E-state index in [0.717, 1.165) is 0 Å². The van der Waals surface area contributed by atoms with Crippen LogP contribution in [0.3, 0.4) is 0 Å². The molecule has 1 aliphatic heterocycles. The van der Waals surface area contributed by atoms with Crippen molar-refractivity contribution in [2.24, 2.45) is 11.7 Å². The quantitative estimate of drug-likeness (QED) is 0.846. The van der Waals surface area contributed by atoms with Crippen molar-refractivity contribution in [2.75, 3.05) is 16.6 Å². The molecule has 1 aromatic rings. The maximum Gasteiger partial charge on any atom is 0.235 e. The van der Waals surface area contributed by atoms with Gasteiger partial charge in [-0.1, -0.05) is 36.8 Å². The van der Waals surface area contributed by atoms with Gasteiger partial charge in [-0.2, -0.15) is 0 Å². The Bertz CT molecular complexity index is 601. The van der Waals surface area contributed by atoms with Crippen molar-refractivity contribution >= 4 is 44.5 Å². The number of hydrogen-bond donors (Lipinski definition) is 1. The molecule has 7 heteroatoms. The minimum absolute atomic E-state index is 0.0829. The number of thiocarbonyl (C=S) groups is 1. The first-order valence-electron chi connectivity index (χ1n) is 5.41. The Hall–Kier alpha value is -0.850. The maximum atomic E-state index is 12.0. The SMILES string of the molecule is CC1CN(c2cc(C(N)=S)ccc2Cl)S(=O)(=O)C1. The summed E-state index contributed by atoms with van der Waals surface area (Å²) in [7, 11) is -3.29. The Morgan fingerprint density at radius 3 is 2.72 bits per heavy atom. The lowest BCUT2D eigenvalue weighted by Gasteiger charge is -2.19. The van der Waals surface area contributed by atoms with E-state index in [2.05, 4.69) is 0 Å². The third-order valence-corrected chi connectivity index (χ3v) is 5.37. The van der Waals surface area contributed by atoms with Gasteiger partial charge >= 0.3 is 0 Å². The first kappa shape index (κ1) is 13.6. The van der Waals surface area contributed by atoms with Gasteiger partial charge < -0.3 is 5.73 Å². The fourth-order valence-corrected chi connectivity index (χ4v) is 4.34. The molecule has 0 bridgehead atoms. The third kappa shape index (κ3) is 2.46. The number of nitrogens with zero attached hydrogens (tertiary/aromatic N) is 1. The Morgan fingerprint density at radius 1 is 1.56 bits per heavy atom. The van der Waals surface area contributed by atoms with E-state index in [4.69, 9.17) is 29.6 Å². The molecule has 0 aromatic heterocycles. The second-order valence-corrected chi connectivity index (χ2v) is 7.23. The van der Waals surface area contributed by atoms with Gasteiger partial charge in [0.1, 0.15) is 4.99 Å². The first-order chi connectivity index (χ1) is 8.31. The average molecular weight is 305 g/mol. The second-order valence-electron chi connectivity index (χ2n) is 4.45. The van der Waals surface area contributed by atoms with E-state index in [1.54, 1.807) is 18.2 Å². The minimum atomic E-state index is -3.29. The van der Waals surface area contributed by atoms with Crippen molar-refractivity contribution in [1.29, 1.82) is 0 Å². The monoisotopic (exact) mass is 304 g/mol. The van der Waals surface area contributed by atoms with Gasteiger partial charge in [-0.25, -0.2) is 8.42 Å². The molecule has 98 valence electrons. The van der Waals surface area contributed by atoms with Crippen molar-refractivity contribution in [3.05, 3.63) is 28.8 Å². The van der Waals surface area contributed by atoms with Crippen molar-refractivity contribution in [2.45, 2.75) is 6.92 Å². The van der Waals surface area contributed by atoms with Gasteiger partial charge in [-0.15, -0.1) is 0 Å². The van der Waals surface area contributed by atoms with Gasteiger partial charge in [0.25, 0.3) is 0 Å². The van der Waals surface area contributed by atoms with E-state index in [1.807, 2.05) is 6.92 Å². The van der Waals surface area contributed by atoms with Gasteiger partial charge in [-0.05, 0) is 18.1 Å². The van der Waals surface area contributed by atoms with Gasteiger partial charge in [0.15, 0.2) is 0 Å². The zero-order valence-electron chi connectivity index (χ0n) is 9.76. The molecule has 1 heterocycles. The number of hydrogen-bond acceptors (Lipinski definition) is 3. The van der Waals surface area contributed by atoms with Crippen molar-refractivity contribution < 1.29 is 8.42 Å². The van der Waals surface area contributed by atoms with Gasteiger partial charge in [0.05, 0.1) is 16.5 Å². The third-order valence-electron chi connectivity index (χ3n) is 2.81. The van der Waals surface area contributed by atoms with E-state index in [9.17, 15) is 8.42 Å². The van der Waals surface area contributed by atoms with Crippen LogP contribution in [0.4, 0.5) is 5.69 Å². The predicted octanol–water partition coefficient (Wildman–Crippen LogP) is 1.76. The van der Waals surface area contributed by atoms with Crippen molar-refractivity contribution in [1.82, 2.24) is 0 Å². The topological polar surface area (TPSA) is 63.4 Å². The Kier molecular flexibility index (Phi) is 3.53. The van der Waals surface area contributed by atoms with Crippen LogP contribution in [0.1, 0.15) is 12.5 Å². The summed E-state index contributed by atoms with van der Waals surface area (Å²) in [4.78, 5) is 0.220. The van der Waals surface area contributed by atoms with Crippen LogP contribution in [0.25, 0.3) is 0 Å². The molecule has 0 radical (unpaired) electrons. The second kappa shape index (κ2) is 4.68. The molecule has 1 aromatic carbocycles. The zero-order valence-corrected chi connectivity index (χ0v) is 12.1. The lowest BCUT2D eigenvalue weighted by Crippen LogP contribution is -2.26. The smallest absolute Gasteiger partial charge is 0.235 e. The Balaban J connectivity index is 2.51. The minimum Gasteiger partial charge on any atom is -0.389 e. The molecule has 18 heavy (non-hydrogen) atoms. The van der Waals surface area contributed by atoms with Crippen molar-refractivity contribution in [3.63, 3.8) is 0 Å². The van der Waals surface area contributed by atoms with Crippen LogP contribution in [-0.4, -0.2) is 25.7 Å². The normalized spacial score (nSPS) is 22.1. The number of benzene rings is 1. The molecule has 1 saturated heterocycles. The van der Waals surface area contributed by atoms with Crippen LogP contribution in [0.2, 0.25) is 5.02 Å². The van der Waals surface area contributed by atoms with Gasteiger partial charge in [0.2, 0.25) is 10.0 Å². The summed E-state index contributed by atoms with van der Waals surface area (Å²) in [6.45, 7) is 2.33. The summed E-state index contributed by atoms with van der Waals surface area (Å²) in [5, 5.41) is 0.382. The molecule has 4 nitrogen and oxygen atoms in total. The van der Waals surface area contributed by atoms with E-state index in [1.165, 1.54) is 4.31 Å². The molecule has 0 amide bonds. The fraction of sp³-hybridized carbons (Fsp3) is 0.364. The Labute approximate surface area is 117 Å². The summed E-state index contributed by atoms with van der Waals surface area (Å²) < 4.78 is 25.4. The largest absolute Gasteiger partial charge is 0.389 e. The van der Waals surface area contributed by atoms with Crippen LogP contribution in [-0.2, 0) is 10.0 Å². The zero-order chi connectivity index (χ0) is 13.5. The van der Waals surface area contributed by atoms with Gasteiger partial charge in [-0.3, -0.25) is 4.31 Å². The van der Waals surface area contributed by atoms with Crippen LogP contribution in [0, 0.1) is 5.92 Å². The molecule has 1 atom stereocenters. The van der Waals surface area contributed by atoms with Crippen LogP contribution >= 0.6 is 23.8 Å². The molecule has 1 fully saturated rings. The highest BCUT2D eigenvalue weighted by Gasteiger charge is 2.34. The van der Waals surface area contributed by atoms with Crippen LogP contribution in [0.5, 0.6) is 0 Å². The number of halogens is 1. The summed E-state index contributed by atoms with van der Waals surface area (Å²) in [5.41, 5.74) is 6.61. The summed E-state index contributed by atoms with van der Waals surface area (Å²) in [6, 6.07) is 4.92. The predicted molar refractivity (Wildman–Crippen MR) is 77.6 cm³/mol. The molecule has 0 saturated carbocycles. The summed E-state index contributed by atoms with van der Waals surface area (Å²) >= 11 is 11.0. The fourth-order valence-electron chi connectivity index (χ4n) is 2.00. The van der Waals surface area contributed by atoms with E-state index >= 15 is 0 Å². The van der Waals surface area contributed by atoms with E-state index < -0.39 is 10.0 Å². The molecule has 1 aliphatic rings. The number of nitrogens with two attached hydrogens (primary N) is 1. The summed E-state index contributed by atoms with van der Waals surface area (Å²) in [6.07, 6.45) is 0. The lowest BCUT2D eigenvalue weighted by molar-refractivity contribution is 0.598. The van der Waals surface area contributed by atoms with Crippen LogP contribution < -0.4 is 10.0 Å². The standard InChI is InChI=1S/C11H13ClN2O2S2/c1-7-5-14(18(15,16)6-7)10-4-8(11(13)17)2-3-9(10)12/h2-4,7H,5-6H2,1H3,(H2,13,17). The molecule has 0 spiro atoms.